The highest BCUT2D eigenvalue weighted by Crippen LogP contribution is 2.28. The summed E-state index contributed by atoms with van der Waals surface area (Å²) in [6, 6.07) is 5.32. The third kappa shape index (κ3) is 2.59. The minimum atomic E-state index is -0.520. The number of esters is 1. The van der Waals surface area contributed by atoms with Gasteiger partial charge in [-0.2, -0.15) is 0 Å². The molecule has 0 fully saturated rings. The van der Waals surface area contributed by atoms with Crippen LogP contribution in [0.25, 0.3) is 11.0 Å². The fraction of sp³-hybridized carbons (Fsp3) is 0.286. The number of fused-ring (bicyclic) bond motifs is 1. The van der Waals surface area contributed by atoms with Crippen molar-refractivity contribution in [1.29, 1.82) is 0 Å². The number of methoxy groups -OCH3 is 2. The molecular weight excluding hydrogens is 262 g/mol. The van der Waals surface area contributed by atoms with Crippen LogP contribution in [-0.2, 0) is 9.53 Å². The molecule has 1 amide bonds. The Hall–Kier alpha value is -2.50. The van der Waals surface area contributed by atoms with Gasteiger partial charge in [-0.15, -0.1) is 0 Å². The number of hydrogen-bond acceptors (Lipinski definition) is 5. The minimum absolute atomic E-state index is 0.178. The van der Waals surface area contributed by atoms with Gasteiger partial charge in [0.1, 0.15) is 17.9 Å². The zero-order chi connectivity index (χ0) is 14.7. The van der Waals surface area contributed by atoms with Crippen LogP contribution in [0.2, 0.25) is 0 Å². The van der Waals surface area contributed by atoms with Gasteiger partial charge < -0.3 is 19.2 Å². The second-order valence-electron chi connectivity index (χ2n) is 4.18. The van der Waals surface area contributed by atoms with E-state index in [0.717, 1.165) is 5.39 Å². The van der Waals surface area contributed by atoms with Crippen molar-refractivity contribution in [2.75, 3.05) is 20.8 Å². The van der Waals surface area contributed by atoms with Crippen molar-refractivity contribution in [3.05, 3.63) is 29.5 Å². The fourth-order valence-corrected chi connectivity index (χ4v) is 1.85. The lowest BCUT2D eigenvalue weighted by molar-refractivity contribution is -0.139. The van der Waals surface area contributed by atoms with Crippen molar-refractivity contribution in [3.63, 3.8) is 0 Å². The summed E-state index contributed by atoms with van der Waals surface area (Å²) < 4.78 is 15.1. The van der Waals surface area contributed by atoms with E-state index in [9.17, 15) is 9.59 Å². The molecule has 0 atom stereocenters. The fourth-order valence-electron chi connectivity index (χ4n) is 1.85. The van der Waals surface area contributed by atoms with Crippen LogP contribution in [0.15, 0.2) is 22.6 Å². The number of benzene rings is 1. The maximum Gasteiger partial charge on any atom is 0.325 e. The normalized spacial score (nSPS) is 10.3. The summed E-state index contributed by atoms with van der Waals surface area (Å²) in [6.07, 6.45) is 0. The summed E-state index contributed by atoms with van der Waals surface area (Å²) in [5.41, 5.74) is 1.27. The number of amides is 1. The van der Waals surface area contributed by atoms with Crippen LogP contribution in [0.4, 0.5) is 0 Å². The molecule has 0 aliphatic heterocycles. The molecule has 0 spiro atoms. The molecule has 0 radical (unpaired) electrons. The number of carbonyl (C=O) groups is 2. The quantitative estimate of drug-likeness (QED) is 0.860. The highest BCUT2D eigenvalue weighted by atomic mass is 16.5. The molecule has 20 heavy (non-hydrogen) atoms. The first-order valence-electron chi connectivity index (χ1n) is 5.99. The van der Waals surface area contributed by atoms with Gasteiger partial charge in [0, 0.05) is 17.0 Å². The van der Waals surface area contributed by atoms with Crippen molar-refractivity contribution >= 4 is 22.8 Å². The van der Waals surface area contributed by atoms with E-state index >= 15 is 0 Å². The monoisotopic (exact) mass is 277 g/mol. The summed E-state index contributed by atoms with van der Waals surface area (Å²) in [7, 11) is 2.81. The Kier molecular flexibility index (Phi) is 3.93. The Bertz CT molecular complexity index is 659. The average molecular weight is 277 g/mol. The zero-order valence-corrected chi connectivity index (χ0v) is 11.5. The smallest absolute Gasteiger partial charge is 0.325 e. The molecular formula is C14H15NO5. The van der Waals surface area contributed by atoms with E-state index in [-0.39, 0.29) is 12.3 Å². The van der Waals surface area contributed by atoms with E-state index in [1.165, 1.54) is 7.11 Å². The second-order valence-corrected chi connectivity index (χ2v) is 4.18. The van der Waals surface area contributed by atoms with Gasteiger partial charge >= 0.3 is 5.97 Å². The standard InChI is InChI=1S/C14H15NO5/c1-8-10-5-4-9(18-2)6-11(10)20-13(8)14(17)15-7-12(16)19-3/h4-6H,7H2,1-3H3,(H,15,17). The number of ether oxygens (including phenoxy) is 2. The largest absolute Gasteiger partial charge is 0.497 e. The van der Waals surface area contributed by atoms with Gasteiger partial charge in [-0.05, 0) is 19.1 Å². The van der Waals surface area contributed by atoms with Gasteiger partial charge in [-0.3, -0.25) is 9.59 Å². The highest BCUT2D eigenvalue weighted by molar-refractivity contribution is 6.00. The van der Waals surface area contributed by atoms with E-state index < -0.39 is 11.9 Å². The molecule has 0 saturated heterocycles. The van der Waals surface area contributed by atoms with Crippen LogP contribution < -0.4 is 10.1 Å². The van der Waals surface area contributed by atoms with Crippen LogP contribution in [0.5, 0.6) is 5.75 Å². The maximum absolute atomic E-state index is 12.0. The zero-order valence-electron chi connectivity index (χ0n) is 11.5. The van der Waals surface area contributed by atoms with Crippen molar-refractivity contribution < 1.29 is 23.5 Å². The van der Waals surface area contributed by atoms with Gasteiger partial charge in [-0.1, -0.05) is 0 Å². The Morgan fingerprint density at radius 1 is 1.30 bits per heavy atom. The van der Waals surface area contributed by atoms with Gasteiger partial charge in [-0.25, -0.2) is 0 Å². The van der Waals surface area contributed by atoms with Gasteiger partial charge in [0.05, 0.1) is 14.2 Å². The van der Waals surface area contributed by atoms with Gasteiger partial charge in [0.25, 0.3) is 5.91 Å². The van der Waals surface area contributed by atoms with E-state index in [1.54, 1.807) is 26.2 Å². The molecule has 0 aliphatic rings. The first-order valence-corrected chi connectivity index (χ1v) is 5.99. The van der Waals surface area contributed by atoms with Crippen LogP contribution in [-0.4, -0.2) is 32.6 Å². The molecule has 0 bridgehead atoms. The van der Waals surface area contributed by atoms with E-state index in [2.05, 4.69) is 10.1 Å². The summed E-state index contributed by atoms with van der Waals surface area (Å²) in [4.78, 5) is 23.0. The van der Waals surface area contributed by atoms with Crippen molar-refractivity contribution in [3.8, 4) is 5.75 Å². The molecule has 6 heteroatoms. The molecule has 1 aromatic heterocycles. The summed E-state index contributed by atoms with van der Waals surface area (Å²) in [5, 5.41) is 3.27. The van der Waals surface area contributed by atoms with Crippen molar-refractivity contribution in [2.24, 2.45) is 0 Å². The lowest BCUT2D eigenvalue weighted by atomic mass is 10.1. The third-order valence-electron chi connectivity index (χ3n) is 2.97. The second kappa shape index (κ2) is 5.64. The molecule has 1 aromatic carbocycles. The molecule has 2 rings (SSSR count). The van der Waals surface area contributed by atoms with Crippen LogP contribution in [0, 0.1) is 6.92 Å². The number of aryl methyl sites for hydroxylation is 1. The number of hydrogen-bond donors (Lipinski definition) is 1. The predicted octanol–water partition coefficient (Wildman–Crippen LogP) is 1.65. The molecule has 106 valence electrons. The highest BCUT2D eigenvalue weighted by Gasteiger charge is 2.18. The molecule has 1 heterocycles. The molecule has 0 saturated carbocycles. The molecule has 6 nitrogen and oxygen atoms in total. The van der Waals surface area contributed by atoms with Crippen LogP contribution >= 0.6 is 0 Å². The summed E-state index contributed by atoms with van der Waals surface area (Å²) in [6.45, 7) is 1.58. The first-order chi connectivity index (χ1) is 9.56. The lowest BCUT2D eigenvalue weighted by Crippen LogP contribution is -2.30. The number of carbonyl (C=O) groups excluding carboxylic acids is 2. The number of furan rings is 1. The Morgan fingerprint density at radius 2 is 2.05 bits per heavy atom. The first kappa shape index (κ1) is 13.9. The molecule has 0 unspecified atom stereocenters. The Labute approximate surface area is 115 Å². The average Bonchev–Trinajstić information content (AvgIpc) is 2.80. The Morgan fingerprint density at radius 3 is 2.70 bits per heavy atom. The number of rotatable bonds is 4. The van der Waals surface area contributed by atoms with E-state index in [1.807, 2.05) is 6.07 Å². The van der Waals surface area contributed by atoms with Crippen molar-refractivity contribution in [1.82, 2.24) is 5.32 Å². The number of nitrogens with one attached hydrogen (secondary N) is 1. The third-order valence-corrected chi connectivity index (χ3v) is 2.97. The molecule has 0 aliphatic carbocycles. The maximum atomic E-state index is 12.0. The van der Waals surface area contributed by atoms with E-state index in [4.69, 9.17) is 9.15 Å². The predicted molar refractivity (Wildman–Crippen MR) is 71.9 cm³/mol. The summed E-state index contributed by atoms with van der Waals surface area (Å²) in [5.74, 6) is -0.151. The van der Waals surface area contributed by atoms with Crippen molar-refractivity contribution in [2.45, 2.75) is 6.92 Å². The Balaban J connectivity index is 2.28. The van der Waals surface area contributed by atoms with Crippen LogP contribution in [0.3, 0.4) is 0 Å². The molecule has 2 aromatic rings. The minimum Gasteiger partial charge on any atom is -0.497 e. The van der Waals surface area contributed by atoms with Gasteiger partial charge in [0.15, 0.2) is 5.76 Å². The lowest BCUT2D eigenvalue weighted by Gasteiger charge is -2.01. The van der Waals surface area contributed by atoms with Crippen LogP contribution in [0.1, 0.15) is 16.1 Å². The molecule has 1 N–H and O–H groups in total. The topological polar surface area (TPSA) is 77.8 Å². The summed E-state index contributed by atoms with van der Waals surface area (Å²) >= 11 is 0. The van der Waals surface area contributed by atoms with E-state index in [0.29, 0.717) is 16.9 Å². The van der Waals surface area contributed by atoms with Gasteiger partial charge in [0.2, 0.25) is 0 Å². The SMILES string of the molecule is COC(=O)CNC(=O)c1oc2cc(OC)ccc2c1C.